The summed E-state index contributed by atoms with van der Waals surface area (Å²) in [6.07, 6.45) is 0. The van der Waals surface area contributed by atoms with E-state index in [1.807, 2.05) is 0 Å². The van der Waals surface area contributed by atoms with Gasteiger partial charge in [-0.3, -0.25) is 9.69 Å². The van der Waals surface area contributed by atoms with E-state index in [-0.39, 0.29) is 36.1 Å². The van der Waals surface area contributed by atoms with Gasteiger partial charge in [-0.1, -0.05) is 23.9 Å². The molecule has 8 nitrogen and oxygen atoms in total. The highest BCUT2D eigenvalue weighted by Crippen LogP contribution is 2.49. The highest BCUT2D eigenvalue weighted by Gasteiger charge is 2.49. The van der Waals surface area contributed by atoms with Crippen molar-refractivity contribution in [3.05, 3.63) is 51.8 Å². The normalized spacial score (nSPS) is 20.9. The Labute approximate surface area is 179 Å². The molecule has 0 radical (unpaired) electrons. The smallest absolute Gasteiger partial charge is 0.338 e. The Hall–Kier alpha value is -2.94. The van der Waals surface area contributed by atoms with Gasteiger partial charge in [0.05, 0.1) is 47.7 Å². The number of hydrogen-bond acceptors (Lipinski definition) is 8. The second-order valence-corrected chi connectivity index (χ2v) is 7.93. The van der Waals surface area contributed by atoms with E-state index >= 15 is 0 Å². The minimum Gasteiger partial charge on any atom is -0.497 e. The summed E-state index contributed by atoms with van der Waals surface area (Å²) in [4.78, 5) is 39.9. The first-order valence-corrected chi connectivity index (χ1v) is 10.5. The third-order valence-corrected chi connectivity index (χ3v) is 6.01. The van der Waals surface area contributed by atoms with Crippen molar-refractivity contribution in [3.8, 4) is 5.75 Å². The summed E-state index contributed by atoms with van der Waals surface area (Å²) in [5.41, 5.74) is 7.19. The van der Waals surface area contributed by atoms with Crippen LogP contribution in [0.15, 0.2) is 46.3 Å². The monoisotopic (exact) mass is 432 g/mol. The molecule has 0 bridgehead atoms. The fourth-order valence-corrected chi connectivity index (χ4v) is 4.64. The molecule has 1 saturated heterocycles. The molecule has 2 atom stereocenters. The highest BCUT2D eigenvalue weighted by atomic mass is 32.2. The molecule has 0 aliphatic carbocycles. The maximum atomic E-state index is 13.0. The second-order valence-electron chi connectivity index (χ2n) is 6.60. The molecule has 2 unspecified atom stereocenters. The van der Waals surface area contributed by atoms with Gasteiger partial charge in [0.1, 0.15) is 11.6 Å². The van der Waals surface area contributed by atoms with E-state index in [1.165, 1.54) is 16.7 Å². The van der Waals surface area contributed by atoms with Gasteiger partial charge in [-0.05, 0) is 38.5 Å². The largest absolute Gasteiger partial charge is 0.497 e. The van der Waals surface area contributed by atoms with Crippen LogP contribution >= 0.6 is 11.8 Å². The Balaban J connectivity index is 2.27. The Morgan fingerprint density at radius 2 is 1.63 bits per heavy atom. The Morgan fingerprint density at radius 1 is 1.07 bits per heavy atom. The predicted molar refractivity (Wildman–Crippen MR) is 111 cm³/mol. The van der Waals surface area contributed by atoms with Crippen molar-refractivity contribution >= 4 is 29.6 Å². The van der Waals surface area contributed by atoms with Crippen molar-refractivity contribution in [2.75, 3.05) is 20.3 Å². The maximum absolute atomic E-state index is 13.0. The lowest BCUT2D eigenvalue weighted by molar-refractivity contribution is -0.139. The first-order valence-electron chi connectivity index (χ1n) is 9.58. The van der Waals surface area contributed by atoms with Gasteiger partial charge in [-0.25, -0.2) is 9.59 Å². The van der Waals surface area contributed by atoms with Gasteiger partial charge in [-0.15, -0.1) is 0 Å². The number of hydrogen-bond donors (Lipinski definition) is 1. The van der Waals surface area contributed by atoms with Crippen LogP contribution in [0.2, 0.25) is 0 Å². The molecule has 160 valence electrons. The molecule has 30 heavy (non-hydrogen) atoms. The fraction of sp³-hybridized carbons (Fsp3) is 0.381. The van der Waals surface area contributed by atoms with E-state index in [0.717, 1.165) is 0 Å². The topological polar surface area (TPSA) is 108 Å². The number of ether oxygens (including phenoxy) is 3. The molecule has 2 N–H and O–H groups in total. The van der Waals surface area contributed by atoms with Crippen molar-refractivity contribution in [2.45, 2.75) is 31.9 Å². The van der Waals surface area contributed by atoms with Gasteiger partial charge in [0, 0.05) is 0 Å². The number of esters is 2. The van der Waals surface area contributed by atoms with Gasteiger partial charge in [-0.2, -0.15) is 0 Å². The molecule has 0 saturated carbocycles. The van der Waals surface area contributed by atoms with Crippen LogP contribution in [-0.2, 0) is 23.9 Å². The minimum absolute atomic E-state index is 0.0285. The van der Waals surface area contributed by atoms with E-state index in [4.69, 9.17) is 19.9 Å². The first-order chi connectivity index (χ1) is 14.3. The zero-order chi connectivity index (χ0) is 22.0. The number of fused-ring (bicyclic) bond motifs is 1. The number of methoxy groups -OCH3 is 1. The van der Waals surface area contributed by atoms with E-state index < -0.39 is 23.1 Å². The molecule has 0 aromatic heterocycles. The van der Waals surface area contributed by atoms with Gasteiger partial charge in [0.2, 0.25) is 5.91 Å². The van der Waals surface area contributed by atoms with Gasteiger partial charge in [0.25, 0.3) is 0 Å². The molecule has 0 spiro atoms. The summed E-state index contributed by atoms with van der Waals surface area (Å²) >= 11 is 1.22. The van der Waals surface area contributed by atoms with Crippen LogP contribution in [-0.4, -0.2) is 48.3 Å². The Bertz CT molecular complexity index is 937. The standard InChI is InChI=1S/C21H24N2O6S/c1-5-28-20(25)15-14(12-7-9-13(27-4)10-8-12)16(21(26)29-6-2)19-23(17(15)22)18(24)11(3)30-19/h7-11,14H,5-6,22H2,1-4H3. The van der Waals surface area contributed by atoms with Crippen LogP contribution in [0.25, 0.3) is 0 Å². The van der Waals surface area contributed by atoms with Crippen molar-refractivity contribution in [2.24, 2.45) is 5.73 Å². The van der Waals surface area contributed by atoms with Crippen LogP contribution in [0.3, 0.4) is 0 Å². The number of thioether (sulfide) groups is 1. The summed E-state index contributed by atoms with van der Waals surface area (Å²) in [5, 5.41) is -0.0710. The molecule has 3 rings (SSSR count). The van der Waals surface area contributed by atoms with E-state index in [0.29, 0.717) is 16.3 Å². The summed E-state index contributed by atoms with van der Waals surface area (Å²) in [6.45, 7) is 5.35. The number of carbonyl (C=O) groups is 3. The zero-order valence-corrected chi connectivity index (χ0v) is 18.1. The second kappa shape index (κ2) is 8.83. The third-order valence-electron chi connectivity index (χ3n) is 4.82. The van der Waals surface area contributed by atoms with Crippen molar-refractivity contribution in [1.29, 1.82) is 0 Å². The lowest BCUT2D eigenvalue weighted by Gasteiger charge is -2.33. The number of benzene rings is 1. The van der Waals surface area contributed by atoms with Crippen molar-refractivity contribution < 1.29 is 28.6 Å². The Morgan fingerprint density at radius 3 is 2.17 bits per heavy atom. The van der Waals surface area contributed by atoms with Crippen LogP contribution in [0.4, 0.5) is 0 Å². The molecule has 9 heteroatoms. The SMILES string of the molecule is CCOC(=O)C1=C(N)N2C(=O)C(C)SC2=C(C(=O)OCC)C1c1ccc(OC)cc1. The minimum atomic E-state index is -0.842. The number of nitrogens with two attached hydrogens (primary N) is 1. The molecular formula is C21H24N2O6S. The van der Waals surface area contributed by atoms with E-state index in [2.05, 4.69) is 0 Å². The molecule has 2 aliphatic heterocycles. The zero-order valence-electron chi connectivity index (χ0n) is 17.3. The van der Waals surface area contributed by atoms with Gasteiger partial charge in [0.15, 0.2) is 0 Å². The summed E-state index contributed by atoms with van der Waals surface area (Å²) < 4.78 is 15.7. The molecule has 1 amide bonds. The molecule has 2 aliphatic rings. The average molecular weight is 432 g/mol. The summed E-state index contributed by atoms with van der Waals surface area (Å²) in [6, 6.07) is 6.94. The number of rotatable bonds is 6. The first kappa shape index (κ1) is 21.8. The predicted octanol–water partition coefficient (Wildman–Crippen LogP) is 2.26. The number of nitrogens with zero attached hydrogens (tertiary/aromatic N) is 1. The molecule has 2 heterocycles. The average Bonchev–Trinajstić information content (AvgIpc) is 3.02. The van der Waals surface area contributed by atoms with Crippen LogP contribution in [0, 0.1) is 0 Å². The van der Waals surface area contributed by atoms with Gasteiger partial charge < -0.3 is 19.9 Å². The Kier molecular flexibility index (Phi) is 6.40. The van der Waals surface area contributed by atoms with Crippen LogP contribution in [0.1, 0.15) is 32.3 Å². The maximum Gasteiger partial charge on any atom is 0.338 e. The molecule has 1 aromatic carbocycles. The quantitative estimate of drug-likeness (QED) is 0.682. The third kappa shape index (κ3) is 3.65. The molecular weight excluding hydrogens is 408 g/mol. The molecule has 1 aromatic rings. The fourth-order valence-electron chi connectivity index (χ4n) is 3.48. The van der Waals surface area contributed by atoms with E-state index in [1.54, 1.807) is 52.1 Å². The van der Waals surface area contributed by atoms with Crippen LogP contribution < -0.4 is 10.5 Å². The van der Waals surface area contributed by atoms with Crippen molar-refractivity contribution in [3.63, 3.8) is 0 Å². The number of carbonyl (C=O) groups excluding carboxylic acids is 3. The summed E-state index contributed by atoms with van der Waals surface area (Å²) in [5.74, 6) is -1.85. The summed E-state index contributed by atoms with van der Waals surface area (Å²) in [7, 11) is 1.55. The molecule has 1 fully saturated rings. The lowest BCUT2D eigenvalue weighted by atomic mass is 9.82. The lowest BCUT2D eigenvalue weighted by Crippen LogP contribution is -2.40. The highest BCUT2D eigenvalue weighted by molar-refractivity contribution is 8.04. The van der Waals surface area contributed by atoms with Crippen molar-refractivity contribution in [1.82, 2.24) is 4.90 Å². The van der Waals surface area contributed by atoms with E-state index in [9.17, 15) is 14.4 Å². The van der Waals surface area contributed by atoms with Crippen LogP contribution in [0.5, 0.6) is 5.75 Å². The van der Waals surface area contributed by atoms with Gasteiger partial charge >= 0.3 is 11.9 Å². The number of amides is 1.